The Morgan fingerprint density at radius 2 is 1.65 bits per heavy atom. The van der Waals surface area contributed by atoms with Crippen LogP contribution in [0.25, 0.3) is 0 Å². The van der Waals surface area contributed by atoms with Gasteiger partial charge >= 0.3 is 0 Å². The summed E-state index contributed by atoms with van der Waals surface area (Å²) in [5.41, 5.74) is 3.84. The number of benzene rings is 2. The van der Waals surface area contributed by atoms with Crippen molar-refractivity contribution in [3.8, 4) is 11.8 Å². The monoisotopic (exact) mass is 507 g/mol. The molecule has 1 heterocycles. The molecule has 0 saturated carbocycles. The van der Waals surface area contributed by atoms with Gasteiger partial charge in [-0.25, -0.2) is 5.48 Å². The highest BCUT2D eigenvalue weighted by atomic mass is 16.5. The zero-order valence-corrected chi connectivity index (χ0v) is 21.2. The molecule has 0 aromatic heterocycles. The quantitative estimate of drug-likeness (QED) is 0.201. The Labute approximate surface area is 216 Å². The number of aliphatic hydroxyl groups excluding tert-OH is 1. The minimum atomic E-state index is -1.29. The predicted octanol–water partition coefficient (Wildman–Crippen LogP) is 0.645. The van der Waals surface area contributed by atoms with E-state index in [0.717, 1.165) is 25.1 Å². The zero-order chi connectivity index (χ0) is 26.9. The summed E-state index contributed by atoms with van der Waals surface area (Å²) in [5, 5.41) is 23.7. The fourth-order valence-electron chi connectivity index (χ4n) is 3.97. The van der Waals surface area contributed by atoms with Crippen LogP contribution in [0.4, 0.5) is 5.69 Å². The van der Waals surface area contributed by atoms with Crippen LogP contribution in [0.5, 0.6) is 0 Å². The summed E-state index contributed by atoms with van der Waals surface area (Å²) in [4.78, 5) is 40.7. The Hall–Kier alpha value is -3.75. The van der Waals surface area contributed by atoms with Gasteiger partial charge in [0, 0.05) is 41.5 Å². The second-order valence-electron chi connectivity index (χ2n) is 9.26. The van der Waals surface area contributed by atoms with Crippen molar-refractivity contribution in [3.05, 3.63) is 65.2 Å². The molecule has 196 valence electrons. The molecular formula is C27H33N5O5. The first-order valence-electron chi connectivity index (χ1n) is 12.0. The maximum Gasteiger partial charge on any atom is 0.268 e. The Kier molecular flexibility index (Phi) is 9.77. The minimum absolute atomic E-state index is 0.0425. The summed E-state index contributed by atoms with van der Waals surface area (Å²) in [6, 6.07) is 12.9. The van der Waals surface area contributed by atoms with Crippen molar-refractivity contribution in [2.75, 3.05) is 39.0 Å². The van der Waals surface area contributed by atoms with E-state index < -0.39 is 24.0 Å². The lowest BCUT2D eigenvalue weighted by atomic mass is 10.1. The third-order valence-corrected chi connectivity index (χ3v) is 6.17. The summed E-state index contributed by atoms with van der Waals surface area (Å²) in [7, 11) is 4.12. The molecule has 2 aromatic rings. The van der Waals surface area contributed by atoms with Crippen molar-refractivity contribution >= 4 is 23.4 Å². The van der Waals surface area contributed by atoms with Crippen molar-refractivity contribution in [2.45, 2.75) is 31.5 Å². The molecule has 3 amide bonds. The van der Waals surface area contributed by atoms with Crippen LogP contribution in [0, 0.1) is 11.8 Å². The van der Waals surface area contributed by atoms with Gasteiger partial charge in [0.15, 0.2) is 0 Å². The van der Waals surface area contributed by atoms with Crippen molar-refractivity contribution in [3.63, 3.8) is 0 Å². The minimum Gasteiger partial charge on any atom is -0.391 e. The van der Waals surface area contributed by atoms with Gasteiger partial charge < -0.3 is 20.6 Å². The van der Waals surface area contributed by atoms with Crippen LogP contribution < -0.4 is 16.1 Å². The number of likely N-dealkylation sites (N-methyl/N-ethyl adjacent to an activating group) is 1. The number of carbonyl (C=O) groups excluding carboxylic acids is 3. The summed E-state index contributed by atoms with van der Waals surface area (Å²) >= 11 is 0. The molecular weight excluding hydrogens is 474 g/mol. The highest BCUT2D eigenvalue weighted by molar-refractivity contribution is 5.97. The normalized spacial score (nSPS) is 16.9. The van der Waals surface area contributed by atoms with Gasteiger partial charge in [-0.2, -0.15) is 0 Å². The molecule has 0 bridgehead atoms. The first-order chi connectivity index (χ1) is 17.7. The van der Waals surface area contributed by atoms with Crippen molar-refractivity contribution < 1.29 is 24.7 Å². The standard InChI is InChI=1S/C27H33N5O5/c1-18(33)25(27(36)30-37)29-26(35)21-10-6-19(7-11-21)4-5-20-8-12-22(13-9-20)28-24(34)17-32-15-14-23(16-32)31(2)3/h6-13,18,23,25,33,37H,14-17H2,1-3H3,(H,28,34)(H,29,35)(H,30,36)/t18-,23+,25+/m1/s1. The van der Waals surface area contributed by atoms with E-state index in [1.165, 1.54) is 12.4 Å². The largest absolute Gasteiger partial charge is 0.391 e. The Bertz CT molecular complexity index is 1150. The highest BCUT2D eigenvalue weighted by Crippen LogP contribution is 2.14. The third-order valence-electron chi connectivity index (χ3n) is 6.17. The maximum absolute atomic E-state index is 12.4. The lowest BCUT2D eigenvalue weighted by molar-refractivity contribution is -0.133. The maximum atomic E-state index is 12.4. The van der Waals surface area contributed by atoms with Gasteiger partial charge in [-0.1, -0.05) is 11.8 Å². The van der Waals surface area contributed by atoms with Crippen LogP contribution in [0.15, 0.2) is 48.5 Å². The molecule has 1 aliphatic rings. The molecule has 3 rings (SSSR count). The summed E-state index contributed by atoms with van der Waals surface area (Å²) in [5.74, 6) is 4.53. The number of hydrogen-bond donors (Lipinski definition) is 5. The second kappa shape index (κ2) is 13.0. The predicted molar refractivity (Wildman–Crippen MR) is 139 cm³/mol. The van der Waals surface area contributed by atoms with Gasteiger partial charge in [-0.15, -0.1) is 0 Å². The summed E-state index contributed by atoms with van der Waals surface area (Å²) in [6.07, 6.45) is -0.127. The van der Waals surface area contributed by atoms with Crippen LogP contribution in [0.1, 0.15) is 34.8 Å². The van der Waals surface area contributed by atoms with Crippen LogP contribution in [0.2, 0.25) is 0 Å². The number of rotatable bonds is 8. The van der Waals surface area contributed by atoms with E-state index in [2.05, 4.69) is 46.4 Å². The molecule has 1 aliphatic heterocycles. The van der Waals surface area contributed by atoms with E-state index in [1.807, 2.05) is 24.3 Å². The number of nitrogens with zero attached hydrogens (tertiary/aromatic N) is 2. The van der Waals surface area contributed by atoms with Gasteiger partial charge in [0.1, 0.15) is 6.04 Å². The van der Waals surface area contributed by atoms with E-state index in [-0.39, 0.29) is 11.5 Å². The van der Waals surface area contributed by atoms with Crippen LogP contribution in [-0.4, -0.2) is 89.8 Å². The van der Waals surface area contributed by atoms with E-state index in [0.29, 0.717) is 23.8 Å². The zero-order valence-electron chi connectivity index (χ0n) is 21.2. The van der Waals surface area contributed by atoms with Gasteiger partial charge in [0.05, 0.1) is 12.6 Å². The number of hydroxylamine groups is 1. The number of amides is 3. The number of aliphatic hydroxyl groups is 1. The lowest BCUT2D eigenvalue weighted by Crippen LogP contribution is -2.51. The highest BCUT2D eigenvalue weighted by Gasteiger charge is 2.26. The molecule has 3 atom stereocenters. The van der Waals surface area contributed by atoms with E-state index >= 15 is 0 Å². The Balaban J connectivity index is 1.53. The first-order valence-corrected chi connectivity index (χ1v) is 12.0. The number of hydrogen-bond acceptors (Lipinski definition) is 7. The van der Waals surface area contributed by atoms with E-state index in [1.54, 1.807) is 24.3 Å². The molecule has 2 aromatic carbocycles. The molecule has 0 radical (unpaired) electrons. The second-order valence-corrected chi connectivity index (χ2v) is 9.26. The summed E-state index contributed by atoms with van der Waals surface area (Å²) in [6.45, 7) is 3.51. The molecule has 10 heteroatoms. The van der Waals surface area contributed by atoms with Gasteiger partial charge in [0.2, 0.25) is 5.91 Å². The molecule has 1 fully saturated rings. The molecule has 0 aliphatic carbocycles. The molecule has 0 spiro atoms. The lowest BCUT2D eigenvalue weighted by Gasteiger charge is -2.20. The Morgan fingerprint density at radius 1 is 1.05 bits per heavy atom. The average molecular weight is 508 g/mol. The van der Waals surface area contributed by atoms with E-state index in [4.69, 9.17) is 5.21 Å². The van der Waals surface area contributed by atoms with Crippen molar-refractivity contribution in [1.82, 2.24) is 20.6 Å². The number of likely N-dealkylation sites (tertiary alicyclic amines) is 1. The Morgan fingerprint density at radius 3 is 2.16 bits per heavy atom. The number of nitrogens with one attached hydrogen (secondary N) is 3. The molecule has 5 N–H and O–H groups in total. The van der Waals surface area contributed by atoms with Crippen molar-refractivity contribution in [2.24, 2.45) is 0 Å². The van der Waals surface area contributed by atoms with Crippen LogP contribution in [-0.2, 0) is 9.59 Å². The molecule has 10 nitrogen and oxygen atoms in total. The van der Waals surface area contributed by atoms with Crippen LogP contribution in [0.3, 0.4) is 0 Å². The number of carbonyl (C=O) groups is 3. The molecule has 0 unspecified atom stereocenters. The fourth-order valence-corrected chi connectivity index (χ4v) is 3.97. The molecule has 37 heavy (non-hydrogen) atoms. The van der Waals surface area contributed by atoms with E-state index in [9.17, 15) is 19.5 Å². The summed E-state index contributed by atoms with van der Waals surface area (Å²) < 4.78 is 0. The average Bonchev–Trinajstić information content (AvgIpc) is 3.35. The smallest absolute Gasteiger partial charge is 0.268 e. The first kappa shape index (κ1) is 27.8. The van der Waals surface area contributed by atoms with Gasteiger partial charge in [-0.05, 0) is 76.0 Å². The fraction of sp³-hybridized carbons (Fsp3) is 0.370. The van der Waals surface area contributed by atoms with Gasteiger partial charge in [-0.3, -0.25) is 24.5 Å². The van der Waals surface area contributed by atoms with Crippen LogP contribution >= 0.6 is 0 Å². The molecule has 1 saturated heterocycles. The SMILES string of the molecule is C[C@@H](O)[C@H](NC(=O)c1ccc(C#Cc2ccc(NC(=O)CN3CC[C@H](N(C)C)C3)cc2)cc1)C(=O)NO. The number of anilines is 1. The van der Waals surface area contributed by atoms with Crippen molar-refractivity contribution in [1.29, 1.82) is 0 Å². The third kappa shape index (κ3) is 8.13. The van der Waals surface area contributed by atoms with Gasteiger partial charge in [0.25, 0.3) is 11.8 Å². The topological polar surface area (TPSA) is 134 Å².